The molecule has 1 heterocycles. The van der Waals surface area contributed by atoms with Crippen molar-refractivity contribution in [3.8, 4) is 11.5 Å². The normalized spacial score (nSPS) is 14.7. The van der Waals surface area contributed by atoms with Crippen LogP contribution in [-0.4, -0.2) is 30.0 Å². The van der Waals surface area contributed by atoms with Gasteiger partial charge in [0.2, 0.25) is 0 Å². The first-order chi connectivity index (χ1) is 16.4. The van der Waals surface area contributed by atoms with Gasteiger partial charge in [-0.1, -0.05) is 24.3 Å². The molecule has 1 N–H and O–H groups in total. The van der Waals surface area contributed by atoms with Crippen LogP contribution in [-0.2, 0) is 9.59 Å². The highest BCUT2D eigenvalue weighted by molar-refractivity contribution is 9.10. The highest BCUT2D eigenvalue weighted by Crippen LogP contribution is 2.25. The number of hydrogen-bond donors (Lipinski definition) is 1. The van der Waals surface area contributed by atoms with Crippen LogP contribution < -0.4 is 19.7 Å². The van der Waals surface area contributed by atoms with Crippen molar-refractivity contribution in [3.63, 3.8) is 0 Å². The van der Waals surface area contributed by atoms with E-state index < -0.39 is 17.8 Å². The Bertz CT molecular complexity index is 1320. The summed E-state index contributed by atoms with van der Waals surface area (Å²) in [5.41, 5.74) is 1.38. The molecule has 3 aromatic rings. The molecule has 0 atom stereocenters. The summed E-state index contributed by atoms with van der Waals surface area (Å²) in [6.07, 6.45) is 1.45. The second-order valence-electron chi connectivity index (χ2n) is 7.09. The topological polar surface area (TPSA) is 84.9 Å². The number of nitrogens with zero attached hydrogens (tertiary/aromatic N) is 1. The van der Waals surface area contributed by atoms with Gasteiger partial charge in [-0.3, -0.25) is 19.8 Å². The van der Waals surface area contributed by atoms with Gasteiger partial charge in [-0.15, -0.1) is 0 Å². The minimum Gasteiger partial charge on any atom is -0.497 e. The Morgan fingerprint density at radius 2 is 1.62 bits per heavy atom. The summed E-state index contributed by atoms with van der Waals surface area (Å²) < 4.78 is 11.2. The van der Waals surface area contributed by atoms with Gasteiger partial charge >= 0.3 is 5.97 Å². The summed E-state index contributed by atoms with van der Waals surface area (Å²) in [6.45, 7) is 0. The van der Waals surface area contributed by atoms with E-state index in [4.69, 9.17) is 21.7 Å². The minimum absolute atomic E-state index is 0.00773. The lowest BCUT2D eigenvalue weighted by Gasteiger charge is -2.29. The molecule has 0 radical (unpaired) electrons. The van der Waals surface area contributed by atoms with Crippen molar-refractivity contribution < 1.29 is 23.9 Å². The van der Waals surface area contributed by atoms with Crippen molar-refractivity contribution in [3.05, 3.63) is 94.0 Å². The van der Waals surface area contributed by atoms with Gasteiger partial charge in [0.25, 0.3) is 11.8 Å². The van der Waals surface area contributed by atoms with E-state index in [1.54, 1.807) is 79.9 Å². The molecule has 0 unspecified atom stereocenters. The third kappa shape index (κ3) is 4.90. The Hall–Kier alpha value is -3.82. The number of ether oxygens (including phenoxy) is 2. The van der Waals surface area contributed by atoms with Crippen molar-refractivity contribution in [1.82, 2.24) is 5.32 Å². The van der Waals surface area contributed by atoms with E-state index in [1.807, 2.05) is 0 Å². The number of methoxy groups -OCH3 is 1. The quantitative estimate of drug-likeness (QED) is 0.170. The number of hydrogen-bond acceptors (Lipinski definition) is 6. The zero-order valence-electron chi connectivity index (χ0n) is 17.8. The fourth-order valence-electron chi connectivity index (χ4n) is 3.21. The minimum atomic E-state index is -0.593. The third-order valence-corrected chi connectivity index (χ3v) is 5.90. The Morgan fingerprint density at radius 3 is 2.26 bits per heavy atom. The first kappa shape index (κ1) is 23.3. The lowest BCUT2D eigenvalue weighted by Crippen LogP contribution is -2.54. The Morgan fingerprint density at radius 1 is 0.971 bits per heavy atom. The molecule has 1 aliphatic heterocycles. The summed E-state index contributed by atoms with van der Waals surface area (Å²) in [5.74, 6) is -0.709. The fraction of sp³-hybridized carbons (Fsp3) is 0.0400. The molecule has 9 heteroatoms. The van der Waals surface area contributed by atoms with E-state index in [2.05, 4.69) is 21.2 Å². The number of carbonyl (C=O) groups excluding carboxylic acids is 3. The molecule has 0 aliphatic carbocycles. The maximum atomic E-state index is 13.1. The van der Waals surface area contributed by atoms with E-state index in [0.29, 0.717) is 32.8 Å². The number of anilines is 1. The van der Waals surface area contributed by atoms with Crippen LogP contribution in [0, 0.1) is 0 Å². The van der Waals surface area contributed by atoms with Crippen LogP contribution in [0.1, 0.15) is 15.9 Å². The first-order valence-electron chi connectivity index (χ1n) is 9.99. The van der Waals surface area contributed by atoms with Crippen molar-refractivity contribution >= 4 is 62.8 Å². The van der Waals surface area contributed by atoms with Gasteiger partial charge < -0.3 is 9.47 Å². The van der Waals surface area contributed by atoms with Gasteiger partial charge in [-0.05, 0) is 88.3 Å². The molecular weight excluding hydrogens is 520 g/mol. The average Bonchev–Trinajstić information content (AvgIpc) is 2.83. The summed E-state index contributed by atoms with van der Waals surface area (Å²) in [4.78, 5) is 39.2. The van der Waals surface area contributed by atoms with Crippen LogP contribution in [0.2, 0.25) is 0 Å². The fourth-order valence-corrected chi connectivity index (χ4v) is 3.94. The zero-order valence-corrected chi connectivity index (χ0v) is 20.2. The molecular formula is C25H17BrN2O5S. The molecule has 0 bridgehead atoms. The number of amides is 2. The average molecular weight is 537 g/mol. The largest absolute Gasteiger partial charge is 0.497 e. The Labute approximate surface area is 209 Å². The van der Waals surface area contributed by atoms with Crippen molar-refractivity contribution in [2.45, 2.75) is 0 Å². The summed E-state index contributed by atoms with van der Waals surface area (Å²) in [7, 11) is 1.54. The predicted molar refractivity (Wildman–Crippen MR) is 135 cm³/mol. The lowest BCUT2D eigenvalue weighted by molar-refractivity contribution is -0.122. The molecule has 0 spiro atoms. The number of carbonyl (C=O) groups is 3. The van der Waals surface area contributed by atoms with E-state index >= 15 is 0 Å². The molecule has 1 aliphatic rings. The van der Waals surface area contributed by atoms with Gasteiger partial charge in [0.05, 0.1) is 18.4 Å². The molecule has 2 amide bonds. The first-order valence-corrected chi connectivity index (χ1v) is 11.2. The number of halogens is 1. The molecule has 1 fully saturated rings. The second-order valence-corrected chi connectivity index (χ2v) is 8.34. The number of benzene rings is 3. The van der Waals surface area contributed by atoms with Crippen LogP contribution in [0.15, 0.2) is 82.8 Å². The number of thiocarbonyl (C=S) groups is 1. The molecule has 0 saturated carbocycles. The third-order valence-electron chi connectivity index (χ3n) is 4.93. The smallest absolute Gasteiger partial charge is 0.344 e. The molecule has 3 aromatic carbocycles. The number of nitrogens with one attached hydrogen (secondary N) is 1. The van der Waals surface area contributed by atoms with E-state index in [1.165, 1.54) is 11.0 Å². The van der Waals surface area contributed by atoms with Crippen molar-refractivity contribution in [2.75, 3.05) is 12.0 Å². The standard InChI is InChI=1S/C25H17BrN2O5S/c1-32-17-12-8-16(9-13-17)28-23(30)20(22(29)27-25(28)34)14-15-6-10-18(11-7-15)33-24(31)19-4-2-3-5-21(19)26/h2-14H,1H3,(H,27,29,34)/b20-14-. The Balaban J connectivity index is 1.54. The van der Waals surface area contributed by atoms with Crippen molar-refractivity contribution in [2.24, 2.45) is 0 Å². The second kappa shape index (κ2) is 9.98. The van der Waals surface area contributed by atoms with Crippen LogP contribution in [0.4, 0.5) is 5.69 Å². The molecule has 1 saturated heterocycles. The van der Waals surface area contributed by atoms with E-state index in [-0.39, 0.29) is 10.7 Å². The van der Waals surface area contributed by atoms with Gasteiger partial charge in [0, 0.05) is 4.47 Å². The van der Waals surface area contributed by atoms with Crippen LogP contribution in [0.25, 0.3) is 6.08 Å². The zero-order chi connectivity index (χ0) is 24.2. The highest BCUT2D eigenvalue weighted by Gasteiger charge is 2.34. The van der Waals surface area contributed by atoms with Crippen molar-refractivity contribution in [1.29, 1.82) is 0 Å². The molecule has 0 aromatic heterocycles. The number of rotatable bonds is 5. The van der Waals surface area contributed by atoms with Crippen LogP contribution in [0.3, 0.4) is 0 Å². The molecule has 170 valence electrons. The monoisotopic (exact) mass is 536 g/mol. The summed E-state index contributed by atoms with van der Waals surface area (Å²) in [6, 6.07) is 20.1. The summed E-state index contributed by atoms with van der Waals surface area (Å²) >= 11 is 8.54. The SMILES string of the molecule is COc1ccc(N2C(=O)/C(=C\c3ccc(OC(=O)c4ccccc4Br)cc3)C(=O)NC2=S)cc1. The van der Waals surface area contributed by atoms with E-state index in [9.17, 15) is 14.4 Å². The van der Waals surface area contributed by atoms with E-state index in [0.717, 1.165) is 0 Å². The lowest BCUT2D eigenvalue weighted by atomic mass is 10.1. The highest BCUT2D eigenvalue weighted by atomic mass is 79.9. The van der Waals surface area contributed by atoms with Crippen LogP contribution >= 0.6 is 28.1 Å². The molecule has 34 heavy (non-hydrogen) atoms. The van der Waals surface area contributed by atoms with Gasteiger partial charge in [-0.25, -0.2) is 4.79 Å². The maximum absolute atomic E-state index is 13.1. The Kier molecular flexibility index (Phi) is 6.85. The summed E-state index contributed by atoms with van der Waals surface area (Å²) in [5, 5.41) is 2.53. The van der Waals surface area contributed by atoms with Gasteiger partial charge in [0.1, 0.15) is 17.1 Å². The van der Waals surface area contributed by atoms with Gasteiger partial charge in [-0.2, -0.15) is 0 Å². The van der Waals surface area contributed by atoms with Crippen LogP contribution in [0.5, 0.6) is 11.5 Å². The molecule has 4 rings (SSSR count). The number of esters is 1. The van der Waals surface area contributed by atoms with Gasteiger partial charge in [0.15, 0.2) is 5.11 Å². The molecule has 7 nitrogen and oxygen atoms in total. The predicted octanol–water partition coefficient (Wildman–Crippen LogP) is 4.51. The maximum Gasteiger partial charge on any atom is 0.344 e.